The number of hydrogen-bond donors (Lipinski definition) is 0. The first-order chi connectivity index (χ1) is 11.8. The number of benzene rings is 2. The first-order valence-corrected chi connectivity index (χ1v) is 8.70. The minimum absolute atomic E-state index is 0.276. The van der Waals surface area contributed by atoms with Gasteiger partial charge in [-0.3, -0.25) is 0 Å². The van der Waals surface area contributed by atoms with Crippen LogP contribution in [0.1, 0.15) is 10.0 Å². The number of thiazole rings is 2. The van der Waals surface area contributed by atoms with Gasteiger partial charge in [0, 0.05) is 0 Å². The van der Waals surface area contributed by atoms with Gasteiger partial charge in [-0.05, 0) is 24.3 Å². The second kappa shape index (κ2) is 5.86. The maximum absolute atomic E-state index is 9.63. The van der Waals surface area contributed by atoms with Gasteiger partial charge in [0.2, 0.25) is 0 Å². The number of nitriles is 2. The molecule has 0 bridgehead atoms. The number of allylic oxidation sites excluding steroid dienone is 2. The van der Waals surface area contributed by atoms with Crippen LogP contribution in [0.2, 0.25) is 0 Å². The predicted octanol–water partition coefficient (Wildman–Crippen LogP) is 4.86. The lowest BCUT2D eigenvalue weighted by Crippen LogP contribution is -1.88. The summed E-state index contributed by atoms with van der Waals surface area (Å²) in [6.07, 6.45) is 0. The molecule has 2 aromatic heterocycles. The van der Waals surface area contributed by atoms with Crippen molar-refractivity contribution in [3.63, 3.8) is 0 Å². The lowest BCUT2D eigenvalue weighted by Gasteiger charge is -1.96. The molecule has 0 fully saturated rings. The quantitative estimate of drug-likeness (QED) is 0.487. The Morgan fingerprint density at radius 2 is 1.12 bits per heavy atom. The highest BCUT2D eigenvalue weighted by Gasteiger charge is 2.18. The Morgan fingerprint density at radius 1 is 0.708 bits per heavy atom. The van der Waals surface area contributed by atoms with Crippen molar-refractivity contribution >= 4 is 54.3 Å². The van der Waals surface area contributed by atoms with Crippen molar-refractivity contribution in [2.75, 3.05) is 0 Å². The second-order valence-corrected chi connectivity index (χ2v) is 7.01. The topological polar surface area (TPSA) is 73.4 Å². The standard InChI is InChI=1S/C18H8N4S2/c19-9-11(17-21-13-5-1-3-7-15(13)23-17)12(10-20)18-22-14-6-2-4-8-16(14)24-18/h1-8H/b12-11+. The van der Waals surface area contributed by atoms with E-state index in [1.807, 2.05) is 48.5 Å². The summed E-state index contributed by atoms with van der Waals surface area (Å²) in [7, 11) is 0. The average Bonchev–Trinajstić information content (AvgIpc) is 3.22. The molecule has 0 unspecified atom stereocenters. The van der Waals surface area contributed by atoms with Gasteiger partial charge < -0.3 is 0 Å². The Bertz CT molecular complexity index is 1020. The van der Waals surface area contributed by atoms with Crippen molar-refractivity contribution in [2.24, 2.45) is 0 Å². The molecule has 4 aromatic rings. The van der Waals surface area contributed by atoms with E-state index in [4.69, 9.17) is 0 Å². The van der Waals surface area contributed by atoms with Crippen molar-refractivity contribution in [3.8, 4) is 12.1 Å². The predicted molar refractivity (Wildman–Crippen MR) is 97.3 cm³/mol. The molecule has 0 spiro atoms. The van der Waals surface area contributed by atoms with Crippen LogP contribution in [0.15, 0.2) is 48.5 Å². The lowest BCUT2D eigenvalue weighted by atomic mass is 10.1. The second-order valence-electron chi connectivity index (χ2n) is 4.95. The highest BCUT2D eigenvalue weighted by molar-refractivity contribution is 7.20. The number of nitrogens with zero attached hydrogens (tertiary/aromatic N) is 4. The molecule has 4 rings (SSSR count). The zero-order valence-electron chi connectivity index (χ0n) is 12.2. The van der Waals surface area contributed by atoms with Gasteiger partial charge in [-0.2, -0.15) is 10.5 Å². The Kier molecular flexibility index (Phi) is 3.55. The average molecular weight is 344 g/mol. The van der Waals surface area contributed by atoms with E-state index in [2.05, 4.69) is 22.1 Å². The Labute approximate surface area is 145 Å². The van der Waals surface area contributed by atoms with Crippen LogP contribution >= 0.6 is 22.7 Å². The Morgan fingerprint density at radius 3 is 1.50 bits per heavy atom. The third kappa shape index (κ3) is 2.35. The molecule has 2 heterocycles. The fourth-order valence-electron chi connectivity index (χ4n) is 2.38. The summed E-state index contributed by atoms with van der Waals surface area (Å²) in [5.41, 5.74) is 2.20. The zero-order valence-corrected chi connectivity index (χ0v) is 13.9. The van der Waals surface area contributed by atoms with Crippen LogP contribution in [0, 0.1) is 22.7 Å². The first kappa shape index (κ1) is 14.5. The monoisotopic (exact) mass is 344 g/mol. The van der Waals surface area contributed by atoms with Crippen LogP contribution in [0.4, 0.5) is 0 Å². The number of fused-ring (bicyclic) bond motifs is 2. The molecule has 6 heteroatoms. The fraction of sp³-hybridized carbons (Fsp3) is 0. The van der Waals surface area contributed by atoms with E-state index in [0.717, 1.165) is 20.4 Å². The van der Waals surface area contributed by atoms with Crippen LogP contribution in [-0.4, -0.2) is 9.97 Å². The molecule has 0 aliphatic carbocycles. The molecular formula is C18H8N4S2. The molecule has 0 aliphatic heterocycles. The van der Waals surface area contributed by atoms with E-state index in [9.17, 15) is 10.5 Å². The highest BCUT2D eigenvalue weighted by atomic mass is 32.1. The number of aromatic nitrogens is 2. The zero-order chi connectivity index (χ0) is 16.5. The first-order valence-electron chi connectivity index (χ1n) is 7.06. The van der Waals surface area contributed by atoms with E-state index in [-0.39, 0.29) is 11.1 Å². The molecule has 0 atom stereocenters. The van der Waals surface area contributed by atoms with Crippen LogP contribution in [0.25, 0.3) is 31.6 Å². The Balaban J connectivity index is 1.94. The van der Waals surface area contributed by atoms with Crippen molar-refractivity contribution in [1.82, 2.24) is 9.97 Å². The third-order valence-corrected chi connectivity index (χ3v) is 5.60. The smallest absolute Gasteiger partial charge is 0.136 e. The van der Waals surface area contributed by atoms with E-state index in [1.165, 1.54) is 22.7 Å². The summed E-state index contributed by atoms with van der Waals surface area (Å²) >= 11 is 2.82. The van der Waals surface area contributed by atoms with Crippen LogP contribution in [0.5, 0.6) is 0 Å². The molecule has 0 amide bonds. The van der Waals surface area contributed by atoms with Crippen LogP contribution < -0.4 is 0 Å². The molecule has 112 valence electrons. The maximum atomic E-state index is 9.63. The van der Waals surface area contributed by atoms with Crippen LogP contribution in [0.3, 0.4) is 0 Å². The van der Waals surface area contributed by atoms with E-state index in [0.29, 0.717) is 10.0 Å². The van der Waals surface area contributed by atoms with Gasteiger partial charge in [-0.25, -0.2) is 9.97 Å². The van der Waals surface area contributed by atoms with Crippen molar-refractivity contribution in [1.29, 1.82) is 10.5 Å². The van der Waals surface area contributed by atoms with Gasteiger partial charge in [0.1, 0.15) is 33.3 Å². The van der Waals surface area contributed by atoms with E-state index >= 15 is 0 Å². The van der Waals surface area contributed by atoms with Gasteiger partial charge in [0.15, 0.2) is 0 Å². The van der Waals surface area contributed by atoms with Crippen molar-refractivity contribution in [3.05, 3.63) is 58.5 Å². The van der Waals surface area contributed by atoms with Crippen molar-refractivity contribution < 1.29 is 0 Å². The van der Waals surface area contributed by atoms with Crippen LogP contribution in [-0.2, 0) is 0 Å². The van der Waals surface area contributed by atoms with E-state index < -0.39 is 0 Å². The summed E-state index contributed by atoms with van der Waals surface area (Å²) in [6, 6.07) is 19.7. The molecule has 0 saturated heterocycles. The highest BCUT2D eigenvalue weighted by Crippen LogP contribution is 2.34. The number of rotatable bonds is 2. The number of hydrogen-bond acceptors (Lipinski definition) is 6. The third-order valence-electron chi connectivity index (χ3n) is 3.49. The van der Waals surface area contributed by atoms with Crippen molar-refractivity contribution in [2.45, 2.75) is 0 Å². The molecule has 0 saturated carbocycles. The molecule has 4 nitrogen and oxygen atoms in total. The van der Waals surface area contributed by atoms with Gasteiger partial charge in [-0.15, -0.1) is 22.7 Å². The SMILES string of the molecule is N#C/C(=C(/C#N)c1nc2ccccc2s1)c1nc2ccccc2s1. The minimum atomic E-state index is 0.276. The minimum Gasteiger partial charge on any atom is -0.235 e. The molecule has 0 aliphatic rings. The van der Waals surface area contributed by atoms with Gasteiger partial charge in [0.25, 0.3) is 0 Å². The summed E-state index contributed by atoms with van der Waals surface area (Å²) in [5, 5.41) is 20.4. The molecule has 24 heavy (non-hydrogen) atoms. The summed E-state index contributed by atoms with van der Waals surface area (Å²) in [6.45, 7) is 0. The maximum Gasteiger partial charge on any atom is 0.136 e. The molecule has 2 aromatic carbocycles. The molecule has 0 N–H and O–H groups in total. The van der Waals surface area contributed by atoms with E-state index in [1.54, 1.807) is 0 Å². The van der Waals surface area contributed by atoms with Gasteiger partial charge >= 0.3 is 0 Å². The largest absolute Gasteiger partial charge is 0.235 e. The lowest BCUT2D eigenvalue weighted by molar-refractivity contribution is 1.41. The number of para-hydroxylation sites is 2. The van der Waals surface area contributed by atoms with Gasteiger partial charge in [0.05, 0.1) is 20.4 Å². The molecular weight excluding hydrogens is 336 g/mol. The van der Waals surface area contributed by atoms with Gasteiger partial charge in [-0.1, -0.05) is 24.3 Å². The summed E-state index contributed by atoms with van der Waals surface area (Å²) < 4.78 is 1.98. The normalized spacial score (nSPS) is 11.9. The summed E-state index contributed by atoms with van der Waals surface area (Å²) in [4.78, 5) is 8.99. The molecule has 0 radical (unpaired) electrons. The Hall–Kier alpha value is -3.06. The fourth-order valence-corrected chi connectivity index (χ4v) is 4.31. The summed E-state index contributed by atoms with van der Waals surface area (Å²) in [5.74, 6) is 0.